The fourth-order valence-corrected chi connectivity index (χ4v) is 11.9. The first kappa shape index (κ1) is 67.0. The van der Waals surface area contributed by atoms with E-state index >= 15 is 0 Å². The van der Waals surface area contributed by atoms with E-state index in [4.69, 9.17) is 30.5 Å². The van der Waals surface area contributed by atoms with Crippen LogP contribution in [0.15, 0.2) is 194 Å². The number of hydrogen-bond donors (Lipinski definition) is 6. The molecule has 0 unspecified atom stereocenters. The molecule has 4 aliphatic rings. The minimum absolute atomic E-state index is 0.155. The molecule has 0 aliphatic carbocycles. The Labute approximate surface area is 578 Å². The van der Waals surface area contributed by atoms with Crippen LogP contribution in [0.25, 0.3) is 22.3 Å². The number of hydrogen-bond acceptors (Lipinski definition) is 19. The zero-order valence-electron chi connectivity index (χ0n) is 54.6. The Morgan fingerprint density at radius 1 is 0.495 bits per heavy atom. The monoisotopic (exact) mass is 1340 g/mol. The van der Waals surface area contributed by atoms with Crippen LogP contribution >= 0.6 is 0 Å². The summed E-state index contributed by atoms with van der Waals surface area (Å²) in [6.45, 7) is 5.25. The second-order valence-electron chi connectivity index (χ2n) is 23.7. The molecule has 0 atom stereocenters. The topological polar surface area (TPSA) is 348 Å². The number of nitriles is 4. The Morgan fingerprint density at radius 3 is 1.48 bits per heavy atom. The zero-order chi connectivity index (χ0) is 70.4. The van der Waals surface area contributed by atoms with Gasteiger partial charge in [-0.2, -0.15) is 26.1 Å². The molecule has 11 aromatic rings. The third-order valence-corrected chi connectivity index (χ3v) is 17.0. The lowest BCUT2D eigenvalue weighted by Crippen LogP contribution is -2.22. The molecular weight excluding hydrogens is 1280 g/mol. The van der Waals surface area contributed by atoms with E-state index in [1.807, 2.05) is 115 Å². The van der Waals surface area contributed by atoms with Gasteiger partial charge < -0.3 is 59.9 Å². The van der Waals surface area contributed by atoms with Gasteiger partial charge in [0.15, 0.2) is 24.8 Å². The highest BCUT2D eigenvalue weighted by Crippen LogP contribution is 2.34. The van der Waals surface area contributed by atoms with Gasteiger partial charge >= 0.3 is 0 Å². The van der Waals surface area contributed by atoms with Crippen LogP contribution in [0.4, 0.5) is 22.7 Å². The molecule has 26 nitrogen and oxygen atoms in total. The average molecular weight is 1340 g/mol. The number of nitrogens with zero attached hydrogens (tertiary/aromatic N) is 13. The number of rotatable bonds is 14. The highest BCUT2D eigenvalue weighted by atomic mass is 16.5. The predicted octanol–water partition coefficient (Wildman–Crippen LogP) is 10.4. The SMILES string of the molecule is COCc1ccc(C(=O)Nc2cccc3c2CN(C#N)C3)cc1.COc1cc2cc(C(=O)Nc3cccc4c3CN(C#N)C4)[nH]c2cn1.N#CN1Cc2cccc(NC(=O)c3cc(-c4cnccn4)n[nH]3)c2C1.N#CN1Cc2cccc(NC(=O)c3ccc(=O)n(Cc4ccccc4)c3)c2C1. The van der Waals surface area contributed by atoms with Crippen molar-refractivity contribution in [3.63, 3.8) is 0 Å². The van der Waals surface area contributed by atoms with Crippen LogP contribution in [-0.4, -0.2) is 92.1 Å². The summed E-state index contributed by atoms with van der Waals surface area (Å²) in [7, 11) is 3.19. The Bertz CT molecular complexity index is 5160. The van der Waals surface area contributed by atoms with Crippen molar-refractivity contribution in [3.8, 4) is 42.0 Å². The lowest BCUT2D eigenvalue weighted by molar-refractivity contribution is 0.101. The molecule has 9 heterocycles. The maximum absolute atomic E-state index is 12.8. The van der Waals surface area contributed by atoms with Crippen LogP contribution in [0.5, 0.6) is 5.88 Å². The molecule has 15 rings (SSSR count). The lowest BCUT2D eigenvalue weighted by Gasteiger charge is -2.12. The Morgan fingerprint density at radius 2 is 0.990 bits per heavy atom. The minimum Gasteiger partial charge on any atom is -0.481 e. The standard InChI is InChI=1S/C22H18N4O2.C18H15N5O2.C18H17N3O2.C17H13N7O/c23-15-25-12-17-7-4-8-20(19(17)14-25)24-22(28)18-9-10-21(27)26(13-18)11-16-5-2-1-3-6-16;1-25-17-6-12-5-15(21-16(12)7-20-17)18(24)22-14-4-2-3-11-8-23(10-19)9-13(11)14;1-23-11-13-5-7-14(8-6-13)18(22)20-17-4-2-3-15-9-21(12-19)10-16(15)17;18-10-24-8-11-2-1-3-13(12(11)9-24)21-17(25)15-6-14(22-23-15)16-7-19-4-5-20-16/h1-10,13H,11-12,14H2,(H,24,28);2-7,21H,8-9H2,1H3,(H,22,24);2-8H,9-11H2,1H3,(H,20,22);1-7H,8-9H2,(H,21,25)(H,22,23). The molecule has 6 N–H and O–H groups in total. The lowest BCUT2D eigenvalue weighted by atomic mass is 10.1. The molecular formula is C75H63N19O7. The molecule has 101 heavy (non-hydrogen) atoms. The summed E-state index contributed by atoms with van der Waals surface area (Å²) < 4.78 is 11.7. The first-order valence-corrected chi connectivity index (χ1v) is 31.7. The van der Waals surface area contributed by atoms with E-state index in [1.54, 1.807) is 95.1 Å². The molecule has 5 aromatic heterocycles. The first-order chi connectivity index (χ1) is 49.3. The van der Waals surface area contributed by atoms with Crippen molar-refractivity contribution in [1.82, 2.24) is 54.3 Å². The third kappa shape index (κ3) is 15.8. The number of benzene rings is 6. The predicted molar refractivity (Wildman–Crippen MR) is 373 cm³/mol. The first-order valence-electron chi connectivity index (χ1n) is 31.7. The number of amides is 4. The maximum Gasteiger partial charge on any atom is 0.273 e. The number of aromatic nitrogens is 7. The fourth-order valence-electron chi connectivity index (χ4n) is 11.9. The van der Waals surface area contributed by atoms with E-state index in [0.717, 1.165) is 77.9 Å². The number of nitrogens with one attached hydrogen (secondary N) is 6. The van der Waals surface area contributed by atoms with E-state index < -0.39 is 0 Å². The summed E-state index contributed by atoms with van der Waals surface area (Å²) in [4.78, 5) is 84.4. The normalized spacial score (nSPS) is 12.5. The highest BCUT2D eigenvalue weighted by molar-refractivity contribution is 6.07. The smallest absolute Gasteiger partial charge is 0.273 e. The van der Waals surface area contributed by atoms with Gasteiger partial charge in [-0.1, -0.05) is 91.0 Å². The zero-order valence-corrected chi connectivity index (χ0v) is 54.6. The molecule has 0 radical (unpaired) electrons. The third-order valence-electron chi connectivity index (χ3n) is 17.0. The van der Waals surface area contributed by atoms with Crippen molar-refractivity contribution in [2.75, 3.05) is 35.5 Å². The van der Waals surface area contributed by atoms with Crippen LogP contribution in [0, 0.1) is 45.8 Å². The van der Waals surface area contributed by atoms with Crippen molar-refractivity contribution in [1.29, 1.82) is 21.0 Å². The van der Waals surface area contributed by atoms with Crippen molar-refractivity contribution in [2.45, 2.75) is 65.5 Å². The molecule has 0 saturated heterocycles. The Balaban J connectivity index is 0.000000128. The fraction of sp³-hybridized carbons (Fsp3) is 0.160. The Hall–Kier alpha value is -14.0. The summed E-state index contributed by atoms with van der Waals surface area (Å²) >= 11 is 0. The number of aromatic amines is 2. The van der Waals surface area contributed by atoms with E-state index in [0.29, 0.717) is 117 Å². The number of H-pyrrole nitrogens is 2. The van der Waals surface area contributed by atoms with Gasteiger partial charge in [0.25, 0.3) is 29.2 Å². The summed E-state index contributed by atoms with van der Waals surface area (Å²) in [6.07, 6.45) is 16.5. The van der Waals surface area contributed by atoms with Crippen LogP contribution in [0.3, 0.4) is 0 Å². The van der Waals surface area contributed by atoms with Crippen LogP contribution in [-0.2, 0) is 70.2 Å². The average Bonchev–Trinajstić information content (AvgIpc) is 1.72. The number of ether oxygens (including phenoxy) is 2. The van der Waals surface area contributed by atoms with E-state index in [1.165, 1.54) is 16.7 Å². The van der Waals surface area contributed by atoms with Gasteiger partial charge in [-0.15, -0.1) is 0 Å². The maximum atomic E-state index is 12.8. The second kappa shape index (κ2) is 30.8. The van der Waals surface area contributed by atoms with Crippen molar-refractivity contribution in [3.05, 3.63) is 277 Å². The van der Waals surface area contributed by atoms with Gasteiger partial charge in [-0.05, 0) is 88.0 Å². The van der Waals surface area contributed by atoms with E-state index in [-0.39, 0.29) is 29.2 Å². The number of fused-ring (bicyclic) bond motifs is 5. The second-order valence-corrected chi connectivity index (χ2v) is 23.7. The molecule has 4 aliphatic heterocycles. The summed E-state index contributed by atoms with van der Waals surface area (Å²) in [5.41, 5.74) is 16.6. The number of methoxy groups -OCH3 is 2. The largest absolute Gasteiger partial charge is 0.481 e. The van der Waals surface area contributed by atoms with Gasteiger partial charge in [0.1, 0.15) is 22.8 Å². The molecule has 0 bridgehead atoms. The number of carbonyl (C=O) groups excluding carboxylic acids is 4. The molecule has 0 saturated carbocycles. The van der Waals surface area contributed by atoms with Crippen molar-refractivity contribution >= 4 is 57.3 Å². The minimum atomic E-state index is -0.300. The summed E-state index contributed by atoms with van der Waals surface area (Å²) in [5, 5.41) is 55.7. The van der Waals surface area contributed by atoms with Gasteiger partial charge in [-0.3, -0.25) is 39.0 Å². The van der Waals surface area contributed by atoms with Gasteiger partial charge in [0.2, 0.25) is 5.88 Å². The van der Waals surface area contributed by atoms with E-state index in [9.17, 15) is 24.0 Å². The molecule has 26 heteroatoms. The van der Waals surface area contributed by atoms with Gasteiger partial charge in [-0.25, -0.2) is 4.98 Å². The van der Waals surface area contributed by atoms with E-state index in [2.05, 4.69) is 76.2 Å². The van der Waals surface area contributed by atoms with Crippen LogP contribution in [0.1, 0.15) is 97.3 Å². The molecule has 0 spiro atoms. The highest BCUT2D eigenvalue weighted by Gasteiger charge is 2.27. The van der Waals surface area contributed by atoms with Gasteiger partial charge in [0, 0.05) is 93.8 Å². The molecule has 4 amide bonds. The molecule has 500 valence electrons. The molecule has 6 aromatic carbocycles. The van der Waals surface area contributed by atoms with Crippen LogP contribution in [0.2, 0.25) is 0 Å². The quantitative estimate of drug-likeness (QED) is 0.0551. The van der Waals surface area contributed by atoms with Gasteiger partial charge in [0.05, 0.1) is 96.1 Å². The van der Waals surface area contributed by atoms with Crippen molar-refractivity contribution < 1.29 is 28.7 Å². The summed E-state index contributed by atoms with van der Waals surface area (Å²) in [6, 6.07) is 47.9. The van der Waals surface area contributed by atoms with Crippen molar-refractivity contribution in [2.24, 2.45) is 0 Å². The number of anilines is 4. The number of carbonyl (C=O) groups is 4. The summed E-state index contributed by atoms with van der Waals surface area (Å²) in [5.74, 6) is -0.482. The number of pyridine rings is 2. The molecule has 0 fully saturated rings. The van der Waals surface area contributed by atoms with Crippen LogP contribution < -0.4 is 31.6 Å². The Kier molecular flexibility index (Phi) is 20.5.